The average molecular weight is 696 g/mol. The van der Waals surface area contributed by atoms with Gasteiger partial charge < -0.3 is 15.0 Å². The van der Waals surface area contributed by atoms with Crippen LogP contribution in [0.3, 0.4) is 0 Å². The number of rotatable bonds is 11. The first-order chi connectivity index (χ1) is 24.1. The van der Waals surface area contributed by atoms with Gasteiger partial charge in [0.15, 0.2) is 0 Å². The molecule has 5 aromatic rings. The zero-order valence-corrected chi connectivity index (χ0v) is 29.0. The SMILES string of the molecule is CC(=O)Nc1ccc(S(=O)(=O)n2c(=O)n(C3CCN(C(=O)OC[C@H](C)N(Cc4ccccc4)Cc4ccccc4)CC3)c3ccccc32)cc1. The number of hydrogen-bond acceptors (Lipinski definition) is 7. The van der Waals surface area contributed by atoms with Gasteiger partial charge in [0, 0.05) is 50.9 Å². The van der Waals surface area contributed by atoms with E-state index in [4.69, 9.17) is 4.74 Å². The molecule has 260 valence electrons. The van der Waals surface area contributed by atoms with Crippen LogP contribution < -0.4 is 11.0 Å². The van der Waals surface area contributed by atoms with Gasteiger partial charge in [-0.1, -0.05) is 72.8 Å². The molecule has 1 atom stereocenters. The number of ether oxygens (including phenoxy) is 1. The Morgan fingerprint density at radius 2 is 1.36 bits per heavy atom. The second-order valence-electron chi connectivity index (χ2n) is 12.6. The minimum absolute atomic E-state index is 0.0508. The molecule has 0 saturated carbocycles. The summed E-state index contributed by atoms with van der Waals surface area (Å²) >= 11 is 0. The number of amides is 2. The van der Waals surface area contributed by atoms with Crippen molar-refractivity contribution in [3.8, 4) is 0 Å². The van der Waals surface area contributed by atoms with Gasteiger partial charge in [0.1, 0.15) is 6.61 Å². The molecule has 2 amide bonds. The van der Waals surface area contributed by atoms with Gasteiger partial charge in [0.05, 0.1) is 15.9 Å². The van der Waals surface area contributed by atoms with Crippen LogP contribution in [0.5, 0.6) is 0 Å². The number of carbonyl (C=O) groups is 2. The Labute approximate surface area is 291 Å². The van der Waals surface area contributed by atoms with E-state index in [1.807, 2.05) is 36.4 Å². The number of carbonyl (C=O) groups excluding carboxylic acids is 2. The van der Waals surface area contributed by atoms with E-state index < -0.39 is 21.8 Å². The molecule has 12 heteroatoms. The summed E-state index contributed by atoms with van der Waals surface area (Å²) in [6, 6.07) is 32.6. The molecular formula is C38H41N5O6S. The highest BCUT2D eigenvalue weighted by molar-refractivity contribution is 7.90. The number of likely N-dealkylation sites (tertiary alicyclic amines) is 1. The van der Waals surface area contributed by atoms with Crippen molar-refractivity contribution in [2.75, 3.05) is 25.0 Å². The number of nitrogens with zero attached hydrogens (tertiary/aromatic N) is 4. The highest BCUT2D eigenvalue weighted by Gasteiger charge is 2.31. The third-order valence-corrected chi connectivity index (χ3v) is 10.8. The quantitative estimate of drug-likeness (QED) is 0.184. The van der Waals surface area contributed by atoms with Crippen LogP contribution in [0.15, 0.2) is 119 Å². The number of piperidine rings is 1. The maximum absolute atomic E-state index is 13.9. The number of imidazole rings is 1. The molecule has 4 aromatic carbocycles. The maximum Gasteiger partial charge on any atom is 0.409 e. The average Bonchev–Trinajstić information content (AvgIpc) is 3.43. The summed E-state index contributed by atoms with van der Waals surface area (Å²) in [5, 5.41) is 2.61. The predicted molar refractivity (Wildman–Crippen MR) is 192 cm³/mol. The molecule has 0 bridgehead atoms. The normalized spacial score (nSPS) is 14.5. The monoisotopic (exact) mass is 695 g/mol. The summed E-state index contributed by atoms with van der Waals surface area (Å²) in [6.07, 6.45) is 0.505. The largest absolute Gasteiger partial charge is 0.448 e. The summed E-state index contributed by atoms with van der Waals surface area (Å²) < 4.78 is 35.8. The Kier molecular flexibility index (Phi) is 10.5. The van der Waals surface area contributed by atoms with Crippen LogP contribution >= 0.6 is 0 Å². The predicted octanol–water partition coefficient (Wildman–Crippen LogP) is 5.86. The molecule has 50 heavy (non-hydrogen) atoms. The number of aromatic nitrogens is 2. The van der Waals surface area contributed by atoms with E-state index in [-0.39, 0.29) is 35.0 Å². The van der Waals surface area contributed by atoms with Crippen LogP contribution in [-0.4, -0.2) is 64.5 Å². The molecule has 0 unspecified atom stereocenters. The third-order valence-electron chi connectivity index (χ3n) is 9.07. The van der Waals surface area contributed by atoms with Crippen molar-refractivity contribution in [2.45, 2.75) is 56.8 Å². The molecule has 0 aliphatic carbocycles. The Bertz CT molecular complexity index is 2060. The molecule has 1 saturated heterocycles. The van der Waals surface area contributed by atoms with Crippen LogP contribution in [-0.2, 0) is 32.6 Å². The van der Waals surface area contributed by atoms with E-state index in [1.165, 1.54) is 46.9 Å². The molecule has 0 spiro atoms. The molecule has 1 fully saturated rings. The van der Waals surface area contributed by atoms with Crippen molar-refractivity contribution >= 4 is 38.7 Å². The lowest BCUT2D eigenvalue weighted by Gasteiger charge is -2.33. The van der Waals surface area contributed by atoms with Crippen LogP contribution in [0.25, 0.3) is 11.0 Å². The fourth-order valence-corrected chi connectivity index (χ4v) is 7.84. The summed E-state index contributed by atoms with van der Waals surface area (Å²) in [5.41, 5.74) is 2.91. The van der Waals surface area contributed by atoms with Crippen LogP contribution in [0.1, 0.15) is 43.9 Å². The van der Waals surface area contributed by atoms with E-state index in [0.717, 1.165) is 3.97 Å². The van der Waals surface area contributed by atoms with E-state index in [0.29, 0.717) is 50.2 Å². The van der Waals surface area contributed by atoms with Gasteiger partial charge >= 0.3 is 11.8 Å². The standard InChI is InChI=1S/C38H41N5O6S/c1-28(41(25-30-11-5-3-6-12-30)26-31-13-7-4-8-14-31)27-49-38(46)40-23-21-33(22-24-40)42-35-15-9-10-16-36(35)43(37(42)45)50(47,48)34-19-17-32(18-20-34)39-29(2)44/h3-20,28,33H,21-27H2,1-2H3,(H,39,44)/t28-/m0/s1. The zero-order valence-electron chi connectivity index (χ0n) is 28.1. The van der Waals surface area contributed by atoms with Gasteiger partial charge in [-0.05, 0) is 67.3 Å². The highest BCUT2D eigenvalue weighted by atomic mass is 32.2. The molecule has 0 radical (unpaired) electrons. The highest BCUT2D eigenvalue weighted by Crippen LogP contribution is 2.28. The van der Waals surface area contributed by atoms with Gasteiger partial charge in [-0.2, -0.15) is 3.97 Å². The van der Waals surface area contributed by atoms with Gasteiger partial charge in [-0.25, -0.2) is 18.0 Å². The lowest BCUT2D eigenvalue weighted by Crippen LogP contribution is -2.43. The van der Waals surface area contributed by atoms with Crippen molar-refractivity contribution in [1.82, 2.24) is 18.3 Å². The minimum atomic E-state index is -4.26. The third kappa shape index (κ3) is 7.66. The van der Waals surface area contributed by atoms with Crippen molar-refractivity contribution in [2.24, 2.45) is 0 Å². The molecule has 2 heterocycles. The summed E-state index contributed by atoms with van der Waals surface area (Å²) in [6.45, 7) is 5.77. The van der Waals surface area contributed by atoms with E-state index in [2.05, 4.69) is 41.4 Å². The number of hydrogen-bond donors (Lipinski definition) is 1. The second-order valence-corrected chi connectivity index (χ2v) is 14.4. The number of benzene rings is 4. The molecule has 1 aromatic heterocycles. The number of nitrogens with one attached hydrogen (secondary N) is 1. The molecule has 1 aliphatic heterocycles. The topological polar surface area (TPSA) is 123 Å². The Balaban J connectivity index is 1.13. The van der Waals surface area contributed by atoms with Crippen LogP contribution in [0, 0.1) is 0 Å². The molecule has 11 nitrogen and oxygen atoms in total. The van der Waals surface area contributed by atoms with Crippen molar-refractivity contribution < 1.29 is 22.7 Å². The first-order valence-corrected chi connectivity index (χ1v) is 18.1. The molecule has 1 aliphatic rings. The second kappa shape index (κ2) is 15.1. The van der Waals surface area contributed by atoms with Gasteiger partial charge in [0.2, 0.25) is 5.91 Å². The minimum Gasteiger partial charge on any atom is -0.448 e. The van der Waals surface area contributed by atoms with E-state index in [1.54, 1.807) is 29.2 Å². The molecular weight excluding hydrogens is 655 g/mol. The lowest BCUT2D eigenvalue weighted by atomic mass is 10.0. The first-order valence-electron chi connectivity index (χ1n) is 16.7. The van der Waals surface area contributed by atoms with Crippen molar-refractivity contribution in [1.29, 1.82) is 0 Å². The maximum atomic E-state index is 13.9. The van der Waals surface area contributed by atoms with Crippen LogP contribution in [0.2, 0.25) is 0 Å². The molecule has 1 N–H and O–H groups in total. The van der Waals surface area contributed by atoms with Gasteiger partial charge in [0.25, 0.3) is 10.0 Å². The Morgan fingerprint density at radius 3 is 1.92 bits per heavy atom. The Morgan fingerprint density at radius 1 is 0.820 bits per heavy atom. The van der Waals surface area contributed by atoms with Gasteiger partial charge in [-0.3, -0.25) is 14.3 Å². The van der Waals surface area contributed by atoms with E-state index in [9.17, 15) is 22.8 Å². The smallest absolute Gasteiger partial charge is 0.409 e. The number of fused-ring (bicyclic) bond motifs is 1. The lowest BCUT2D eigenvalue weighted by molar-refractivity contribution is -0.114. The zero-order chi connectivity index (χ0) is 35.3. The first kappa shape index (κ1) is 34.7. The molecule has 6 rings (SSSR count). The Hall–Kier alpha value is -5.20. The van der Waals surface area contributed by atoms with E-state index >= 15 is 0 Å². The summed E-state index contributed by atoms with van der Waals surface area (Å²) in [4.78, 5) is 42.4. The van der Waals surface area contributed by atoms with Gasteiger partial charge in [-0.15, -0.1) is 0 Å². The fourth-order valence-electron chi connectivity index (χ4n) is 6.45. The fraction of sp³-hybridized carbons (Fsp3) is 0.289. The number of anilines is 1. The summed E-state index contributed by atoms with van der Waals surface area (Å²) in [7, 11) is -4.26. The summed E-state index contributed by atoms with van der Waals surface area (Å²) in [5.74, 6) is -0.280. The van der Waals surface area contributed by atoms with Crippen LogP contribution in [0.4, 0.5) is 10.5 Å². The number of para-hydroxylation sites is 2. The van der Waals surface area contributed by atoms with Crippen molar-refractivity contribution in [3.63, 3.8) is 0 Å². The van der Waals surface area contributed by atoms with Crippen molar-refractivity contribution in [3.05, 3.63) is 131 Å².